The van der Waals surface area contributed by atoms with Crippen LogP contribution in [-0.2, 0) is 16.1 Å². The van der Waals surface area contributed by atoms with Gasteiger partial charge in [-0.25, -0.2) is 4.98 Å². The molecule has 1 amide bonds. The fourth-order valence-electron chi connectivity index (χ4n) is 3.24. The maximum atomic E-state index is 12.6. The van der Waals surface area contributed by atoms with Crippen molar-refractivity contribution in [3.8, 4) is 11.5 Å². The molecule has 32 heavy (non-hydrogen) atoms. The molecule has 0 aliphatic heterocycles. The number of esters is 1. The van der Waals surface area contributed by atoms with Gasteiger partial charge in [0, 0.05) is 11.1 Å². The highest BCUT2D eigenvalue weighted by atomic mass is 16.5. The zero-order chi connectivity index (χ0) is 22.2. The highest BCUT2D eigenvalue weighted by Gasteiger charge is 2.20. The van der Waals surface area contributed by atoms with Crippen LogP contribution in [0.15, 0.2) is 102 Å². The lowest BCUT2D eigenvalue weighted by molar-refractivity contribution is -0.145. The molecule has 0 fully saturated rings. The van der Waals surface area contributed by atoms with Crippen LogP contribution in [-0.4, -0.2) is 16.9 Å². The van der Waals surface area contributed by atoms with E-state index in [0.29, 0.717) is 17.1 Å². The first-order chi connectivity index (χ1) is 15.7. The van der Waals surface area contributed by atoms with E-state index >= 15 is 0 Å². The highest BCUT2D eigenvalue weighted by molar-refractivity contribution is 5.94. The lowest BCUT2D eigenvalue weighted by Crippen LogP contribution is -2.30. The number of ether oxygens (including phenoxy) is 1. The summed E-state index contributed by atoms with van der Waals surface area (Å²) in [6.07, 6.45) is 1.47. The Morgan fingerprint density at radius 3 is 2.19 bits per heavy atom. The van der Waals surface area contributed by atoms with E-state index in [-0.39, 0.29) is 18.9 Å². The van der Waals surface area contributed by atoms with Gasteiger partial charge < -0.3 is 14.5 Å². The summed E-state index contributed by atoms with van der Waals surface area (Å²) in [6, 6.07) is 27.2. The van der Waals surface area contributed by atoms with Crippen molar-refractivity contribution < 1.29 is 18.7 Å². The van der Waals surface area contributed by atoms with Gasteiger partial charge in [-0.3, -0.25) is 9.59 Å². The summed E-state index contributed by atoms with van der Waals surface area (Å²) in [5, 5.41) is 2.93. The molecule has 0 spiro atoms. The van der Waals surface area contributed by atoms with Crippen molar-refractivity contribution in [3.63, 3.8) is 0 Å². The number of aromatic nitrogens is 1. The predicted octanol–water partition coefficient (Wildman–Crippen LogP) is 4.95. The summed E-state index contributed by atoms with van der Waals surface area (Å²) < 4.78 is 10.9. The summed E-state index contributed by atoms with van der Waals surface area (Å²) in [7, 11) is 0. The van der Waals surface area contributed by atoms with Crippen LogP contribution in [0.2, 0.25) is 0 Å². The number of amides is 1. The average Bonchev–Trinajstić information content (AvgIpc) is 3.33. The van der Waals surface area contributed by atoms with E-state index in [2.05, 4.69) is 10.3 Å². The molecule has 1 heterocycles. The Balaban J connectivity index is 1.39. The summed E-state index contributed by atoms with van der Waals surface area (Å²) in [5.74, 6) is -0.235. The number of nitrogens with zero attached hydrogens (tertiary/aromatic N) is 1. The van der Waals surface area contributed by atoms with Crippen LogP contribution in [0.25, 0.3) is 11.5 Å². The second kappa shape index (κ2) is 10.2. The zero-order valence-electron chi connectivity index (χ0n) is 17.3. The molecule has 1 atom stereocenters. The molecule has 160 valence electrons. The molecular weight excluding hydrogens is 404 g/mol. The van der Waals surface area contributed by atoms with E-state index in [1.165, 1.54) is 6.26 Å². The van der Waals surface area contributed by atoms with Crippen molar-refractivity contribution in [1.82, 2.24) is 10.3 Å². The molecule has 0 saturated carbocycles. The minimum Gasteiger partial charge on any atom is -0.459 e. The summed E-state index contributed by atoms with van der Waals surface area (Å²) >= 11 is 0. The zero-order valence-corrected chi connectivity index (χ0v) is 17.3. The third kappa shape index (κ3) is 5.49. The number of carbonyl (C=O) groups is 2. The molecule has 4 rings (SSSR count). The van der Waals surface area contributed by atoms with Gasteiger partial charge in [-0.1, -0.05) is 66.7 Å². The van der Waals surface area contributed by atoms with Crippen LogP contribution >= 0.6 is 0 Å². The Labute approximate surface area is 185 Å². The fraction of sp³-hybridized carbons (Fsp3) is 0.115. The Morgan fingerprint density at radius 1 is 0.875 bits per heavy atom. The molecule has 0 aliphatic rings. The number of oxazole rings is 1. The van der Waals surface area contributed by atoms with Crippen LogP contribution in [0.1, 0.15) is 34.1 Å². The lowest BCUT2D eigenvalue weighted by Gasteiger charge is -2.18. The van der Waals surface area contributed by atoms with Crippen molar-refractivity contribution >= 4 is 11.9 Å². The minimum absolute atomic E-state index is 0.00796. The largest absolute Gasteiger partial charge is 0.459 e. The van der Waals surface area contributed by atoms with Gasteiger partial charge in [-0.05, 0) is 29.8 Å². The smallest absolute Gasteiger partial charge is 0.308 e. The van der Waals surface area contributed by atoms with E-state index in [0.717, 1.165) is 11.1 Å². The first-order valence-corrected chi connectivity index (χ1v) is 10.3. The van der Waals surface area contributed by atoms with Crippen molar-refractivity contribution in [3.05, 3.63) is 114 Å². The average molecular weight is 426 g/mol. The fourth-order valence-corrected chi connectivity index (χ4v) is 3.24. The van der Waals surface area contributed by atoms with Crippen molar-refractivity contribution in [2.24, 2.45) is 0 Å². The van der Waals surface area contributed by atoms with Gasteiger partial charge in [0.25, 0.3) is 5.91 Å². The second-order valence-corrected chi connectivity index (χ2v) is 7.18. The molecule has 0 radical (unpaired) electrons. The number of hydrogen-bond acceptors (Lipinski definition) is 5. The molecular formula is C26H22N2O4. The molecule has 4 aromatic rings. The molecule has 0 bridgehead atoms. The molecule has 1 aromatic heterocycles. The molecule has 0 aliphatic carbocycles. The molecule has 1 N–H and O–H groups in total. The Kier molecular flexibility index (Phi) is 6.72. The van der Waals surface area contributed by atoms with Crippen LogP contribution in [0.5, 0.6) is 0 Å². The summed E-state index contributed by atoms with van der Waals surface area (Å²) in [5.41, 5.74) is 2.71. The summed E-state index contributed by atoms with van der Waals surface area (Å²) in [6.45, 7) is -0.0106. The molecule has 6 nitrogen and oxygen atoms in total. The molecule has 3 aromatic carbocycles. The molecule has 1 unspecified atom stereocenters. The monoisotopic (exact) mass is 426 g/mol. The third-order valence-corrected chi connectivity index (χ3v) is 4.87. The highest BCUT2D eigenvalue weighted by Crippen LogP contribution is 2.20. The van der Waals surface area contributed by atoms with E-state index < -0.39 is 12.0 Å². The normalized spacial score (nSPS) is 11.5. The van der Waals surface area contributed by atoms with Gasteiger partial charge in [-0.2, -0.15) is 0 Å². The van der Waals surface area contributed by atoms with E-state index in [1.54, 1.807) is 24.3 Å². The lowest BCUT2D eigenvalue weighted by atomic mass is 10.0. The first-order valence-electron chi connectivity index (χ1n) is 10.3. The summed E-state index contributed by atoms with van der Waals surface area (Å²) in [4.78, 5) is 29.6. The van der Waals surface area contributed by atoms with Gasteiger partial charge in [0.15, 0.2) is 0 Å². The topological polar surface area (TPSA) is 81.4 Å². The standard InChI is InChI=1S/C26H22N2O4/c29-24(31-17-22-18-32-26(27-22)21-14-8-3-9-15-21)16-23(19-10-4-1-5-11-19)28-25(30)20-12-6-2-7-13-20/h1-15,18,23H,16-17H2,(H,28,30). The van der Waals surface area contributed by atoms with E-state index in [1.807, 2.05) is 66.7 Å². The predicted molar refractivity (Wildman–Crippen MR) is 119 cm³/mol. The van der Waals surface area contributed by atoms with Crippen LogP contribution in [0, 0.1) is 0 Å². The van der Waals surface area contributed by atoms with Gasteiger partial charge >= 0.3 is 5.97 Å². The van der Waals surface area contributed by atoms with Gasteiger partial charge in [0.05, 0.1) is 12.5 Å². The van der Waals surface area contributed by atoms with E-state index in [9.17, 15) is 9.59 Å². The van der Waals surface area contributed by atoms with Crippen LogP contribution in [0.3, 0.4) is 0 Å². The van der Waals surface area contributed by atoms with E-state index in [4.69, 9.17) is 9.15 Å². The van der Waals surface area contributed by atoms with Crippen molar-refractivity contribution in [1.29, 1.82) is 0 Å². The number of nitrogens with one attached hydrogen (secondary N) is 1. The Bertz CT molecular complexity index is 1160. The van der Waals surface area contributed by atoms with Gasteiger partial charge in [0.1, 0.15) is 18.6 Å². The van der Waals surface area contributed by atoms with Gasteiger partial charge in [-0.15, -0.1) is 0 Å². The maximum absolute atomic E-state index is 12.6. The third-order valence-electron chi connectivity index (χ3n) is 4.87. The second-order valence-electron chi connectivity index (χ2n) is 7.18. The molecule has 6 heteroatoms. The maximum Gasteiger partial charge on any atom is 0.308 e. The molecule has 0 saturated heterocycles. The Hall–Kier alpha value is -4.19. The van der Waals surface area contributed by atoms with Gasteiger partial charge in [0.2, 0.25) is 5.89 Å². The number of benzene rings is 3. The quantitative estimate of drug-likeness (QED) is 0.403. The minimum atomic E-state index is -0.520. The Morgan fingerprint density at radius 2 is 1.50 bits per heavy atom. The van der Waals surface area contributed by atoms with Crippen LogP contribution in [0.4, 0.5) is 0 Å². The van der Waals surface area contributed by atoms with Crippen LogP contribution < -0.4 is 5.32 Å². The number of hydrogen-bond donors (Lipinski definition) is 1. The first kappa shape index (κ1) is 21.1. The van der Waals surface area contributed by atoms with Crippen molar-refractivity contribution in [2.45, 2.75) is 19.1 Å². The SMILES string of the molecule is O=C(CC(NC(=O)c1ccccc1)c1ccccc1)OCc1coc(-c2ccccc2)n1. The number of rotatable bonds is 8. The number of carbonyl (C=O) groups excluding carboxylic acids is 2. The van der Waals surface area contributed by atoms with Crippen molar-refractivity contribution in [2.75, 3.05) is 0 Å².